The van der Waals surface area contributed by atoms with E-state index in [2.05, 4.69) is 40.0 Å². The fourth-order valence-electron chi connectivity index (χ4n) is 2.63. The van der Waals surface area contributed by atoms with E-state index >= 15 is 0 Å². The van der Waals surface area contributed by atoms with Crippen LogP contribution in [0.2, 0.25) is 0 Å². The van der Waals surface area contributed by atoms with Crippen molar-refractivity contribution in [3.05, 3.63) is 71.8 Å². The van der Waals surface area contributed by atoms with Crippen molar-refractivity contribution in [2.24, 2.45) is 10.9 Å². The lowest BCUT2D eigenvalue weighted by Crippen LogP contribution is -2.41. The zero-order chi connectivity index (χ0) is 20.7. The lowest BCUT2D eigenvalue weighted by Gasteiger charge is -2.16. The molecule has 2 aromatic carbocycles. The molecule has 2 rings (SSSR count). The van der Waals surface area contributed by atoms with Crippen molar-refractivity contribution in [3.8, 4) is 0 Å². The second-order valence-electron chi connectivity index (χ2n) is 6.94. The van der Waals surface area contributed by atoms with Crippen LogP contribution < -0.4 is 16.0 Å². The van der Waals surface area contributed by atoms with E-state index in [4.69, 9.17) is 4.74 Å². The summed E-state index contributed by atoms with van der Waals surface area (Å²) in [5.74, 6) is 0.844. The van der Waals surface area contributed by atoms with Crippen LogP contribution in [-0.4, -0.2) is 38.1 Å². The van der Waals surface area contributed by atoms with E-state index in [1.54, 1.807) is 0 Å². The molecular formula is C23H32N4O2. The Balaban J connectivity index is 1.68. The van der Waals surface area contributed by atoms with E-state index in [9.17, 15) is 4.79 Å². The first-order valence-corrected chi connectivity index (χ1v) is 10.1. The van der Waals surface area contributed by atoms with Gasteiger partial charge in [0.05, 0.1) is 13.2 Å². The molecule has 0 aliphatic heterocycles. The Morgan fingerprint density at radius 1 is 0.966 bits per heavy atom. The Kier molecular flexibility index (Phi) is 10.3. The standard InChI is InChI=1S/C23H32N4O2/c1-3-24-23(27-16-22(28)25-15-20-10-6-4-7-11-20)26-14-19(2)17-29-18-21-12-8-5-9-13-21/h4-13,19H,3,14-18H2,1-2H3,(H,25,28)(H2,24,26,27). The van der Waals surface area contributed by atoms with E-state index in [0.29, 0.717) is 38.2 Å². The first-order chi connectivity index (χ1) is 14.2. The molecule has 1 amide bonds. The van der Waals surface area contributed by atoms with Gasteiger partial charge in [0.1, 0.15) is 6.54 Å². The van der Waals surface area contributed by atoms with Gasteiger partial charge in [-0.3, -0.25) is 4.79 Å². The maximum Gasteiger partial charge on any atom is 0.242 e. The quantitative estimate of drug-likeness (QED) is 0.403. The second kappa shape index (κ2) is 13.3. The first-order valence-electron chi connectivity index (χ1n) is 10.1. The van der Waals surface area contributed by atoms with Crippen molar-refractivity contribution in [1.29, 1.82) is 0 Å². The van der Waals surface area contributed by atoms with Crippen LogP contribution in [-0.2, 0) is 22.7 Å². The van der Waals surface area contributed by atoms with E-state index < -0.39 is 0 Å². The third kappa shape index (κ3) is 9.76. The number of hydrogen-bond donors (Lipinski definition) is 3. The summed E-state index contributed by atoms with van der Waals surface area (Å²) in [6, 6.07) is 20.0. The summed E-state index contributed by atoms with van der Waals surface area (Å²) in [6.45, 7) is 7.42. The predicted octanol–water partition coefficient (Wildman–Crippen LogP) is 2.71. The normalized spacial score (nSPS) is 12.3. The molecule has 6 heteroatoms. The highest BCUT2D eigenvalue weighted by Crippen LogP contribution is 2.03. The molecule has 0 spiro atoms. The molecule has 0 saturated heterocycles. The Bertz CT molecular complexity index is 735. The van der Waals surface area contributed by atoms with Crippen LogP contribution in [0.5, 0.6) is 0 Å². The van der Waals surface area contributed by atoms with Crippen LogP contribution in [0.25, 0.3) is 0 Å². The summed E-state index contributed by atoms with van der Waals surface area (Å²) >= 11 is 0. The summed E-state index contributed by atoms with van der Waals surface area (Å²) in [4.78, 5) is 16.4. The van der Waals surface area contributed by atoms with Gasteiger partial charge in [-0.05, 0) is 24.0 Å². The number of amides is 1. The molecule has 29 heavy (non-hydrogen) atoms. The number of carbonyl (C=O) groups is 1. The monoisotopic (exact) mass is 396 g/mol. The van der Waals surface area contributed by atoms with Crippen molar-refractivity contribution in [1.82, 2.24) is 16.0 Å². The van der Waals surface area contributed by atoms with Gasteiger partial charge in [0.15, 0.2) is 5.96 Å². The molecule has 6 nitrogen and oxygen atoms in total. The van der Waals surface area contributed by atoms with Gasteiger partial charge in [0, 0.05) is 19.6 Å². The van der Waals surface area contributed by atoms with Crippen LogP contribution in [0.1, 0.15) is 25.0 Å². The molecule has 1 atom stereocenters. The summed E-state index contributed by atoms with van der Waals surface area (Å²) in [5, 5.41) is 9.33. The second-order valence-corrected chi connectivity index (χ2v) is 6.94. The summed E-state index contributed by atoms with van der Waals surface area (Å²) < 4.78 is 5.78. The van der Waals surface area contributed by atoms with E-state index in [-0.39, 0.29) is 12.5 Å². The summed E-state index contributed by atoms with van der Waals surface area (Å²) in [6.07, 6.45) is 0. The van der Waals surface area contributed by atoms with Gasteiger partial charge in [-0.25, -0.2) is 4.99 Å². The number of ether oxygens (including phenoxy) is 1. The highest BCUT2D eigenvalue weighted by atomic mass is 16.5. The number of rotatable bonds is 11. The molecule has 1 unspecified atom stereocenters. The molecule has 0 aliphatic rings. The van der Waals surface area contributed by atoms with Gasteiger partial charge in [-0.2, -0.15) is 0 Å². The molecular weight excluding hydrogens is 364 g/mol. The molecule has 0 saturated carbocycles. The van der Waals surface area contributed by atoms with Gasteiger partial charge < -0.3 is 20.7 Å². The van der Waals surface area contributed by atoms with Crippen LogP contribution in [0.15, 0.2) is 65.7 Å². The minimum absolute atomic E-state index is 0.0844. The maximum absolute atomic E-state index is 12.0. The summed E-state index contributed by atoms with van der Waals surface area (Å²) in [7, 11) is 0. The zero-order valence-electron chi connectivity index (χ0n) is 17.4. The predicted molar refractivity (Wildman–Crippen MR) is 118 cm³/mol. The van der Waals surface area contributed by atoms with Crippen molar-refractivity contribution in [2.75, 3.05) is 26.2 Å². The minimum atomic E-state index is -0.106. The van der Waals surface area contributed by atoms with E-state index in [0.717, 1.165) is 12.1 Å². The first kappa shape index (κ1) is 22.4. The topological polar surface area (TPSA) is 74.8 Å². The van der Waals surface area contributed by atoms with Gasteiger partial charge >= 0.3 is 0 Å². The van der Waals surface area contributed by atoms with Gasteiger partial charge in [-0.1, -0.05) is 67.6 Å². The third-order valence-electron chi connectivity index (χ3n) is 4.19. The Labute approximate surface area is 173 Å². The molecule has 0 heterocycles. The third-order valence-corrected chi connectivity index (χ3v) is 4.19. The molecule has 0 radical (unpaired) electrons. The van der Waals surface area contributed by atoms with E-state index in [1.807, 2.05) is 55.5 Å². The Morgan fingerprint density at radius 2 is 1.62 bits per heavy atom. The van der Waals surface area contributed by atoms with Crippen LogP contribution in [0.4, 0.5) is 0 Å². The lowest BCUT2D eigenvalue weighted by molar-refractivity contribution is -0.119. The fourth-order valence-corrected chi connectivity index (χ4v) is 2.63. The van der Waals surface area contributed by atoms with Crippen molar-refractivity contribution < 1.29 is 9.53 Å². The average molecular weight is 397 g/mol. The Morgan fingerprint density at radius 3 is 2.28 bits per heavy atom. The number of nitrogens with one attached hydrogen (secondary N) is 3. The molecule has 0 bridgehead atoms. The lowest BCUT2D eigenvalue weighted by atomic mass is 10.2. The zero-order valence-corrected chi connectivity index (χ0v) is 17.4. The van der Waals surface area contributed by atoms with Crippen molar-refractivity contribution >= 4 is 11.9 Å². The molecule has 3 N–H and O–H groups in total. The largest absolute Gasteiger partial charge is 0.376 e. The highest BCUT2D eigenvalue weighted by molar-refractivity contribution is 5.84. The molecule has 0 aromatic heterocycles. The summed E-state index contributed by atoms with van der Waals surface area (Å²) in [5.41, 5.74) is 2.24. The van der Waals surface area contributed by atoms with E-state index in [1.165, 1.54) is 5.56 Å². The molecule has 0 aliphatic carbocycles. The molecule has 156 valence electrons. The SMILES string of the molecule is CCNC(=NCC(=O)NCc1ccccc1)NCC(C)COCc1ccccc1. The number of guanidine groups is 1. The number of hydrogen-bond acceptors (Lipinski definition) is 3. The van der Waals surface area contributed by atoms with Crippen molar-refractivity contribution in [3.63, 3.8) is 0 Å². The highest BCUT2D eigenvalue weighted by Gasteiger charge is 2.06. The minimum Gasteiger partial charge on any atom is -0.376 e. The maximum atomic E-state index is 12.0. The number of aliphatic imine (C=N–C) groups is 1. The number of carbonyl (C=O) groups excluding carboxylic acids is 1. The van der Waals surface area contributed by atoms with Gasteiger partial charge in [0.2, 0.25) is 5.91 Å². The smallest absolute Gasteiger partial charge is 0.242 e. The number of benzene rings is 2. The average Bonchev–Trinajstić information content (AvgIpc) is 2.75. The van der Waals surface area contributed by atoms with Gasteiger partial charge in [-0.15, -0.1) is 0 Å². The van der Waals surface area contributed by atoms with Crippen LogP contribution >= 0.6 is 0 Å². The van der Waals surface area contributed by atoms with Crippen molar-refractivity contribution in [2.45, 2.75) is 27.0 Å². The Hall–Kier alpha value is -2.86. The molecule has 2 aromatic rings. The molecule has 0 fully saturated rings. The van der Waals surface area contributed by atoms with Crippen LogP contribution in [0.3, 0.4) is 0 Å². The van der Waals surface area contributed by atoms with Crippen LogP contribution in [0, 0.1) is 5.92 Å². The van der Waals surface area contributed by atoms with Gasteiger partial charge in [0.25, 0.3) is 0 Å². The fraction of sp³-hybridized carbons (Fsp3) is 0.391. The number of nitrogens with zero attached hydrogens (tertiary/aromatic N) is 1.